The number of benzene rings is 2. The van der Waals surface area contributed by atoms with Crippen LogP contribution in [0.15, 0.2) is 46.9 Å². The van der Waals surface area contributed by atoms with Crippen LogP contribution in [0.2, 0.25) is 0 Å². The smallest absolute Gasteiger partial charge is 0.194 e. The lowest BCUT2D eigenvalue weighted by Gasteiger charge is -2.07. The number of rotatable bonds is 5. The van der Waals surface area contributed by atoms with Gasteiger partial charge in [-0.25, -0.2) is 0 Å². The van der Waals surface area contributed by atoms with Crippen LogP contribution in [-0.4, -0.2) is 5.78 Å². The summed E-state index contributed by atoms with van der Waals surface area (Å²) in [5, 5.41) is 0. The molecule has 1 nitrogen and oxygen atoms in total. The van der Waals surface area contributed by atoms with Crippen LogP contribution in [-0.2, 0) is 6.42 Å². The summed E-state index contributed by atoms with van der Waals surface area (Å²) in [6, 6.07) is 13.8. The molecule has 0 aliphatic rings. The van der Waals surface area contributed by atoms with Crippen molar-refractivity contribution in [3.63, 3.8) is 0 Å². The van der Waals surface area contributed by atoms with Crippen LogP contribution in [0.1, 0.15) is 46.8 Å². The van der Waals surface area contributed by atoms with E-state index in [-0.39, 0.29) is 5.78 Å². The van der Waals surface area contributed by atoms with E-state index in [0.29, 0.717) is 0 Å². The van der Waals surface area contributed by atoms with E-state index in [4.69, 9.17) is 0 Å². The number of halogens is 1. The zero-order valence-corrected chi connectivity index (χ0v) is 13.5. The first kappa shape index (κ1) is 15.0. The van der Waals surface area contributed by atoms with Crippen LogP contribution in [0.5, 0.6) is 0 Å². The van der Waals surface area contributed by atoms with Gasteiger partial charge in [0, 0.05) is 15.6 Å². The quantitative estimate of drug-likeness (QED) is 0.677. The summed E-state index contributed by atoms with van der Waals surface area (Å²) in [6.07, 6.45) is 3.47. The van der Waals surface area contributed by atoms with Crippen molar-refractivity contribution in [1.29, 1.82) is 0 Å². The van der Waals surface area contributed by atoms with Gasteiger partial charge in [0.25, 0.3) is 0 Å². The summed E-state index contributed by atoms with van der Waals surface area (Å²) >= 11 is 3.51. The van der Waals surface area contributed by atoms with Gasteiger partial charge in [-0.1, -0.05) is 49.7 Å². The van der Waals surface area contributed by atoms with Gasteiger partial charge in [0.1, 0.15) is 0 Å². The SMILES string of the molecule is CCCCc1ccc(C(=O)c2cccc(C)c2Br)cc1. The molecule has 0 amide bonds. The zero-order valence-electron chi connectivity index (χ0n) is 11.9. The van der Waals surface area contributed by atoms with Gasteiger partial charge in [0.2, 0.25) is 0 Å². The van der Waals surface area contributed by atoms with Gasteiger partial charge in [-0.2, -0.15) is 0 Å². The van der Waals surface area contributed by atoms with Crippen molar-refractivity contribution in [1.82, 2.24) is 0 Å². The van der Waals surface area contributed by atoms with Gasteiger partial charge in [0.05, 0.1) is 0 Å². The Labute approximate surface area is 129 Å². The maximum atomic E-state index is 12.5. The Morgan fingerprint density at radius 3 is 2.45 bits per heavy atom. The number of ketones is 1. The van der Waals surface area contributed by atoms with Gasteiger partial charge in [0.15, 0.2) is 5.78 Å². The monoisotopic (exact) mass is 330 g/mol. The zero-order chi connectivity index (χ0) is 14.5. The van der Waals surface area contributed by atoms with Gasteiger partial charge in [-0.15, -0.1) is 0 Å². The van der Waals surface area contributed by atoms with Crippen molar-refractivity contribution in [3.05, 3.63) is 69.2 Å². The normalized spacial score (nSPS) is 10.6. The van der Waals surface area contributed by atoms with E-state index in [0.717, 1.165) is 27.6 Å². The van der Waals surface area contributed by atoms with Gasteiger partial charge >= 0.3 is 0 Å². The molecule has 0 unspecified atom stereocenters. The predicted octanol–water partition coefficient (Wildman–Crippen LogP) is 5.33. The highest BCUT2D eigenvalue weighted by Crippen LogP contribution is 2.24. The fraction of sp³-hybridized carbons (Fsp3) is 0.278. The molecule has 104 valence electrons. The van der Waals surface area contributed by atoms with Crippen LogP contribution in [0.3, 0.4) is 0 Å². The van der Waals surface area contributed by atoms with Crippen molar-refractivity contribution in [2.24, 2.45) is 0 Å². The van der Waals surface area contributed by atoms with E-state index >= 15 is 0 Å². The van der Waals surface area contributed by atoms with Crippen molar-refractivity contribution in [3.8, 4) is 0 Å². The molecule has 0 aliphatic heterocycles. The Morgan fingerprint density at radius 1 is 1.10 bits per heavy atom. The Balaban J connectivity index is 2.23. The van der Waals surface area contributed by atoms with E-state index in [9.17, 15) is 4.79 Å². The van der Waals surface area contributed by atoms with Crippen LogP contribution < -0.4 is 0 Å². The number of hydrogen-bond donors (Lipinski definition) is 0. The lowest BCUT2D eigenvalue weighted by Crippen LogP contribution is -2.03. The summed E-state index contributed by atoms with van der Waals surface area (Å²) in [7, 11) is 0. The Bertz CT molecular complexity index is 599. The van der Waals surface area contributed by atoms with Crippen molar-refractivity contribution < 1.29 is 4.79 Å². The molecule has 2 rings (SSSR count). The lowest BCUT2D eigenvalue weighted by atomic mass is 9.99. The largest absolute Gasteiger partial charge is 0.289 e. The van der Waals surface area contributed by atoms with Gasteiger partial charge in [-0.05, 0) is 52.9 Å². The number of hydrogen-bond acceptors (Lipinski definition) is 1. The first-order chi connectivity index (χ1) is 9.63. The molecular weight excluding hydrogens is 312 g/mol. The molecule has 2 aromatic rings. The summed E-state index contributed by atoms with van der Waals surface area (Å²) in [5.74, 6) is 0.0719. The fourth-order valence-corrected chi connectivity index (χ4v) is 2.63. The first-order valence-electron chi connectivity index (χ1n) is 7.02. The summed E-state index contributed by atoms with van der Waals surface area (Å²) in [6.45, 7) is 4.18. The first-order valence-corrected chi connectivity index (χ1v) is 7.81. The lowest BCUT2D eigenvalue weighted by molar-refractivity contribution is 0.103. The minimum absolute atomic E-state index is 0.0719. The minimum atomic E-state index is 0.0719. The van der Waals surface area contributed by atoms with Crippen LogP contribution in [0.25, 0.3) is 0 Å². The topological polar surface area (TPSA) is 17.1 Å². The molecule has 0 spiro atoms. The fourth-order valence-electron chi connectivity index (χ4n) is 2.18. The molecule has 0 heterocycles. The maximum absolute atomic E-state index is 12.5. The summed E-state index contributed by atoms with van der Waals surface area (Å²) < 4.78 is 0.889. The van der Waals surface area contributed by atoms with E-state index in [1.165, 1.54) is 18.4 Å². The van der Waals surface area contributed by atoms with Gasteiger partial charge in [-0.3, -0.25) is 4.79 Å². The molecule has 0 fully saturated rings. The number of carbonyl (C=O) groups excluding carboxylic acids is 1. The summed E-state index contributed by atoms with van der Waals surface area (Å²) in [5.41, 5.74) is 3.85. The standard InChI is InChI=1S/C18H19BrO/c1-3-4-7-14-9-11-15(12-10-14)18(20)16-8-5-6-13(2)17(16)19/h5-6,8-12H,3-4,7H2,1-2H3. The van der Waals surface area contributed by atoms with Crippen LogP contribution in [0.4, 0.5) is 0 Å². The number of unbranched alkanes of at least 4 members (excludes halogenated alkanes) is 1. The molecule has 0 atom stereocenters. The number of aryl methyl sites for hydroxylation is 2. The molecule has 0 saturated carbocycles. The van der Waals surface area contributed by atoms with Crippen molar-refractivity contribution >= 4 is 21.7 Å². The molecule has 0 bridgehead atoms. The second-order valence-electron chi connectivity index (χ2n) is 5.07. The van der Waals surface area contributed by atoms with E-state index < -0.39 is 0 Å². The highest BCUT2D eigenvalue weighted by molar-refractivity contribution is 9.10. The highest BCUT2D eigenvalue weighted by atomic mass is 79.9. The Morgan fingerprint density at radius 2 is 1.80 bits per heavy atom. The minimum Gasteiger partial charge on any atom is -0.289 e. The molecule has 0 aliphatic carbocycles. The van der Waals surface area contributed by atoms with E-state index in [1.54, 1.807) is 0 Å². The molecule has 2 aromatic carbocycles. The van der Waals surface area contributed by atoms with E-state index in [1.807, 2.05) is 37.3 Å². The molecule has 0 radical (unpaired) electrons. The summed E-state index contributed by atoms with van der Waals surface area (Å²) in [4.78, 5) is 12.5. The molecule has 0 aromatic heterocycles. The predicted molar refractivity (Wildman–Crippen MR) is 87.4 cm³/mol. The molecule has 20 heavy (non-hydrogen) atoms. The third-order valence-electron chi connectivity index (χ3n) is 3.47. The average molecular weight is 331 g/mol. The molecule has 0 N–H and O–H groups in total. The maximum Gasteiger partial charge on any atom is 0.194 e. The van der Waals surface area contributed by atoms with Crippen LogP contribution >= 0.6 is 15.9 Å². The number of carbonyl (C=O) groups is 1. The molecular formula is C18H19BrO. The highest BCUT2D eigenvalue weighted by Gasteiger charge is 2.13. The molecule has 2 heteroatoms. The van der Waals surface area contributed by atoms with Crippen molar-refractivity contribution in [2.75, 3.05) is 0 Å². The second-order valence-corrected chi connectivity index (χ2v) is 5.86. The van der Waals surface area contributed by atoms with Crippen LogP contribution in [0, 0.1) is 6.92 Å². The Hall–Kier alpha value is -1.41. The second kappa shape index (κ2) is 6.85. The van der Waals surface area contributed by atoms with Gasteiger partial charge < -0.3 is 0 Å². The average Bonchev–Trinajstić information content (AvgIpc) is 2.48. The Kier molecular flexibility index (Phi) is 5.13. The third-order valence-corrected chi connectivity index (χ3v) is 4.52. The molecule has 0 saturated heterocycles. The van der Waals surface area contributed by atoms with E-state index in [2.05, 4.69) is 35.0 Å². The third kappa shape index (κ3) is 3.37. The van der Waals surface area contributed by atoms with Crippen molar-refractivity contribution in [2.45, 2.75) is 33.1 Å².